The van der Waals surface area contributed by atoms with Crippen molar-refractivity contribution in [2.75, 3.05) is 92.6 Å². The van der Waals surface area contributed by atoms with E-state index in [1.165, 1.54) is 5.56 Å². The van der Waals surface area contributed by atoms with E-state index >= 15 is 0 Å². The average molecular weight is 492 g/mol. The number of methoxy groups -OCH3 is 2. The molecule has 1 aliphatic heterocycles. The Kier molecular flexibility index (Phi) is 21.2. The van der Waals surface area contributed by atoms with Crippen LogP contribution in [0.1, 0.15) is 19.4 Å². The molecular weight excluding hydrogens is 444 g/mol. The first-order valence-corrected chi connectivity index (χ1v) is 14.7. The molecule has 1 heterocycles. The van der Waals surface area contributed by atoms with Crippen LogP contribution in [-0.2, 0) is 16.0 Å². The van der Waals surface area contributed by atoms with Gasteiger partial charge in [-0.1, -0.05) is 44.2 Å². The Morgan fingerprint density at radius 2 is 1.03 bits per heavy atom. The molecule has 0 aliphatic carbocycles. The van der Waals surface area contributed by atoms with Crippen molar-refractivity contribution < 1.29 is 19.3 Å². The van der Waals surface area contributed by atoms with Gasteiger partial charge in [-0.05, 0) is 17.9 Å². The Balaban J connectivity index is 0.00000144. The van der Waals surface area contributed by atoms with Gasteiger partial charge in [0.1, 0.15) is 0 Å². The van der Waals surface area contributed by atoms with Crippen LogP contribution in [-0.4, -0.2) is 117 Å². The third kappa shape index (κ3) is 16.4. The lowest BCUT2D eigenvalue weighted by Crippen LogP contribution is -2.36. The van der Waals surface area contributed by atoms with Gasteiger partial charge >= 0.3 is 0 Å². The van der Waals surface area contributed by atoms with Crippen LogP contribution in [0.2, 0.25) is 0 Å². The maximum absolute atomic E-state index is 10.2. The zero-order valence-corrected chi connectivity index (χ0v) is 22.9. The maximum atomic E-state index is 10.2. The summed E-state index contributed by atoms with van der Waals surface area (Å²) in [5, 5.41) is 0. The van der Waals surface area contributed by atoms with Crippen molar-refractivity contribution in [2.45, 2.75) is 20.4 Å². The van der Waals surface area contributed by atoms with E-state index < -0.39 is 16.3 Å². The highest BCUT2D eigenvalue weighted by Crippen LogP contribution is 2.31. The molecule has 0 saturated carbocycles. The molecule has 0 amide bonds. The van der Waals surface area contributed by atoms with Gasteiger partial charge in [0.15, 0.2) is 0 Å². The number of rotatable bonds is 8. The number of nitrogens with zero attached hydrogens (tertiary/aromatic N) is 3. The highest BCUT2D eigenvalue weighted by Gasteiger charge is 2.19. The predicted octanol–water partition coefficient (Wildman–Crippen LogP) is 3.36. The second kappa shape index (κ2) is 21.3. The monoisotopic (exact) mass is 491 g/mol. The Bertz CT molecular complexity index is 505. The van der Waals surface area contributed by atoms with E-state index in [0.29, 0.717) is 0 Å². The summed E-state index contributed by atoms with van der Waals surface area (Å²) in [5.41, 5.74) is 1.35. The molecule has 32 heavy (non-hydrogen) atoms. The van der Waals surface area contributed by atoms with Crippen molar-refractivity contribution >= 4 is 16.3 Å². The molecule has 1 saturated heterocycles. The van der Waals surface area contributed by atoms with Crippen LogP contribution in [0.4, 0.5) is 0 Å². The molecule has 1 aromatic rings. The molecule has 0 radical (unpaired) electrons. The van der Waals surface area contributed by atoms with Crippen molar-refractivity contribution in [1.82, 2.24) is 14.7 Å². The van der Waals surface area contributed by atoms with E-state index in [0.717, 1.165) is 70.7 Å². The van der Waals surface area contributed by atoms with E-state index in [1.807, 2.05) is 0 Å². The van der Waals surface area contributed by atoms with Gasteiger partial charge in [-0.25, -0.2) is 0 Å². The smallest absolute Gasteiger partial charge is 0.0426 e. The molecule has 7 nitrogen and oxygen atoms in total. The summed E-state index contributed by atoms with van der Waals surface area (Å²) in [5.74, 6) is 0. The quantitative estimate of drug-likeness (QED) is 0.541. The fourth-order valence-electron chi connectivity index (χ4n) is 3.13. The molecule has 1 aromatic carbocycles. The lowest BCUT2D eigenvalue weighted by molar-refractivity contribution is 0.223. The number of hydrogen-bond donors (Lipinski definition) is 2. The van der Waals surface area contributed by atoms with Crippen LogP contribution in [0.15, 0.2) is 30.3 Å². The highest BCUT2D eigenvalue weighted by molar-refractivity contribution is 7.51. The summed E-state index contributed by atoms with van der Waals surface area (Å²) in [7, 11) is 4.73. The van der Waals surface area contributed by atoms with E-state index in [4.69, 9.17) is 0 Å². The summed E-state index contributed by atoms with van der Waals surface area (Å²) in [6, 6.07) is 10.6. The number of hydrogen-bond acceptors (Lipinski definition) is 7. The van der Waals surface area contributed by atoms with Crippen LogP contribution >= 0.6 is 16.3 Å². The minimum atomic E-state index is -0.883. The second-order valence-electron chi connectivity index (χ2n) is 7.74. The summed E-state index contributed by atoms with van der Waals surface area (Å²) < 4.78 is 8.50. The van der Waals surface area contributed by atoms with Crippen LogP contribution in [0.3, 0.4) is 0 Å². The number of ether oxygens (including phenoxy) is 2. The molecule has 2 atom stereocenters. The molecule has 0 aromatic heterocycles. The van der Waals surface area contributed by atoms with Crippen molar-refractivity contribution in [3.05, 3.63) is 35.9 Å². The minimum absolute atomic E-state index is 0.806. The molecule has 1 aliphatic rings. The van der Waals surface area contributed by atoms with Gasteiger partial charge in [0.05, 0.1) is 0 Å². The summed E-state index contributed by atoms with van der Waals surface area (Å²) in [6.45, 7) is 11.1. The van der Waals surface area contributed by atoms with Crippen LogP contribution in [0.25, 0.3) is 0 Å². The first kappa shape index (κ1) is 31.8. The highest BCUT2D eigenvalue weighted by atomic mass is 31.1. The van der Waals surface area contributed by atoms with E-state index in [1.54, 1.807) is 28.4 Å². The lowest BCUT2D eigenvalue weighted by atomic mass is 10.2. The minimum Gasteiger partial charge on any atom is -0.388 e. The van der Waals surface area contributed by atoms with Crippen LogP contribution in [0.5, 0.6) is 0 Å². The van der Waals surface area contributed by atoms with Gasteiger partial charge in [0.25, 0.3) is 0 Å². The second-order valence-corrected chi connectivity index (χ2v) is 11.6. The van der Waals surface area contributed by atoms with Crippen molar-refractivity contribution in [2.24, 2.45) is 0 Å². The normalized spacial score (nSPS) is 18.1. The van der Waals surface area contributed by atoms with Crippen molar-refractivity contribution in [3.8, 4) is 0 Å². The molecule has 9 heteroatoms. The predicted molar refractivity (Wildman–Crippen MR) is 140 cm³/mol. The lowest BCUT2D eigenvalue weighted by Gasteiger charge is -2.27. The van der Waals surface area contributed by atoms with Crippen molar-refractivity contribution in [3.63, 3.8) is 0 Å². The van der Waals surface area contributed by atoms with Gasteiger partial charge in [-0.15, -0.1) is 0 Å². The average Bonchev–Trinajstić information content (AvgIpc) is 2.87. The SMILES string of the molecule is CCP(O)CN1CCN(Cc2ccccc2)CCN(CP(O)CC)CC1.COC.COC. The van der Waals surface area contributed by atoms with Gasteiger partial charge in [-0.3, -0.25) is 14.7 Å². The summed E-state index contributed by atoms with van der Waals surface area (Å²) in [6.07, 6.45) is 3.34. The van der Waals surface area contributed by atoms with Gasteiger partial charge in [0, 0.05) is 103 Å². The molecule has 0 spiro atoms. The molecule has 188 valence electrons. The van der Waals surface area contributed by atoms with Gasteiger partial charge < -0.3 is 19.3 Å². The first-order chi connectivity index (χ1) is 15.4. The molecular formula is C23H47N3O4P2. The Morgan fingerprint density at radius 1 is 0.688 bits per heavy atom. The fourth-order valence-corrected chi connectivity index (χ4v) is 5.02. The van der Waals surface area contributed by atoms with Gasteiger partial charge in [0.2, 0.25) is 0 Å². The van der Waals surface area contributed by atoms with Crippen molar-refractivity contribution in [1.29, 1.82) is 0 Å². The molecule has 1 fully saturated rings. The largest absolute Gasteiger partial charge is 0.388 e. The zero-order valence-electron chi connectivity index (χ0n) is 21.1. The Hall–Kier alpha value is -0.200. The van der Waals surface area contributed by atoms with Crippen LogP contribution in [0, 0.1) is 0 Å². The van der Waals surface area contributed by atoms with E-state index in [9.17, 15) is 9.79 Å². The number of benzene rings is 1. The topological polar surface area (TPSA) is 68.6 Å². The zero-order chi connectivity index (χ0) is 24.2. The molecule has 2 rings (SSSR count). The summed E-state index contributed by atoms with van der Waals surface area (Å²) in [4.78, 5) is 27.6. The third-order valence-corrected chi connectivity index (χ3v) is 7.82. The molecule has 2 unspecified atom stereocenters. The van der Waals surface area contributed by atoms with Crippen LogP contribution < -0.4 is 0 Å². The fraction of sp³-hybridized carbons (Fsp3) is 0.739. The van der Waals surface area contributed by atoms with E-state index in [2.05, 4.69) is 68.4 Å². The molecule has 0 bridgehead atoms. The Morgan fingerprint density at radius 3 is 1.38 bits per heavy atom. The van der Waals surface area contributed by atoms with E-state index in [-0.39, 0.29) is 0 Å². The first-order valence-electron chi connectivity index (χ1n) is 11.3. The third-order valence-electron chi connectivity index (χ3n) is 4.90. The maximum Gasteiger partial charge on any atom is 0.0426 e. The summed E-state index contributed by atoms with van der Waals surface area (Å²) >= 11 is 0. The molecule has 2 N–H and O–H groups in total. The van der Waals surface area contributed by atoms with Gasteiger partial charge in [-0.2, -0.15) is 0 Å². The standard InChI is InChI=1S/C19H35N3O2P2.2C2H6O/c1-3-25(23)17-21-12-10-20(16-19-8-6-5-7-9-19)11-13-22(15-14-21)18-26(24)4-2;2*1-3-2/h5-9,23-24H,3-4,10-18H2,1-2H3;2*1-2H3. The Labute approximate surface area is 199 Å².